The Morgan fingerprint density at radius 2 is 2.25 bits per heavy atom. The van der Waals surface area contributed by atoms with Crippen molar-refractivity contribution in [3.05, 3.63) is 45.4 Å². The number of rotatable bonds is 3. The Balaban J connectivity index is 1.89. The summed E-state index contributed by atoms with van der Waals surface area (Å²) < 4.78 is 0.969. The predicted molar refractivity (Wildman–Crippen MR) is 72.8 cm³/mol. The summed E-state index contributed by atoms with van der Waals surface area (Å²) in [6.07, 6.45) is 8.11. The third-order valence-electron chi connectivity index (χ3n) is 2.85. The molecule has 0 saturated carbocycles. The third-order valence-corrected chi connectivity index (χ3v) is 4.06. The molecule has 0 heterocycles. The van der Waals surface area contributed by atoms with Crippen LogP contribution < -0.4 is 5.32 Å². The highest BCUT2D eigenvalue weighted by Crippen LogP contribution is 2.23. The van der Waals surface area contributed by atoms with E-state index in [1.54, 1.807) is 0 Å². The van der Waals surface area contributed by atoms with E-state index < -0.39 is 0 Å². The summed E-state index contributed by atoms with van der Waals surface area (Å²) in [5.74, 6) is 0. The standard InChI is InChI=1S/C13H15BrClN/c14-12-8-10(6-7-13(12)15)9-16-11-4-2-1-3-5-11/h1-2,6-8,11,16H,3-5,9H2. The van der Waals surface area contributed by atoms with Gasteiger partial charge in [0.2, 0.25) is 0 Å². The van der Waals surface area contributed by atoms with Gasteiger partial charge in [0, 0.05) is 17.1 Å². The van der Waals surface area contributed by atoms with E-state index in [0.29, 0.717) is 6.04 Å². The number of nitrogens with one attached hydrogen (secondary N) is 1. The maximum Gasteiger partial charge on any atom is 0.0548 e. The monoisotopic (exact) mass is 299 g/mol. The first-order chi connectivity index (χ1) is 7.75. The van der Waals surface area contributed by atoms with Crippen molar-refractivity contribution in [2.45, 2.75) is 31.8 Å². The molecule has 1 aromatic carbocycles. The SMILES string of the molecule is Clc1ccc(CNC2CC=CCC2)cc1Br. The summed E-state index contributed by atoms with van der Waals surface area (Å²) in [4.78, 5) is 0. The number of hydrogen-bond donors (Lipinski definition) is 1. The molecule has 0 bridgehead atoms. The lowest BCUT2D eigenvalue weighted by atomic mass is 10.0. The quantitative estimate of drug-likeness (QED) is 0.821. The van der Waals surface area contributed by atoms with Crippen LogP contribution in [0.5, 0.6) is 0 Å². The fourth-order valence-electron chi connectivity index (χ4n) is 1.89. The van der Waals surface area contributed by atoms with Gasteiger partial charge in [-0.2, -0.15) is 0 Å². The van der Waals surface area contributed by atoms with Crippen LogP contribution in [0.1, 0.15) is 24.8 Å². The molecule has 1 aromatic rings. The molecule has 0 amide bonds. The molecule has 1 unspecified atom stereocenters. The molecule has 86 valence electrons. The van der Waals surface area contributed by atoms with Gasteiger partial charge in [0.25, 0.3) is 0 Å². The van der Waals surface area contributed by atoms with Crippen molar-refractivity contribution in [1.29, 1.82) is 0 Å². The van der Waals surface area contributed by atoms with E-state index in [9.17, 15) is 0 Å². The normalized spacial score (nSPS) is 20.0. The molecule has 1 atom stereocenters. The fraction of sp³-hybridized carbons (Fsp3) is 0.385. The minimum absolute atomic E-state index is 0.624. The third kappa shape index (κ3) is 3.34. The molecule has 1 aliphatic carbocycles. The number of halogens is 2. The van der Waals surface area contributed by atoms with Crippen molar-refractivity contribution in [1.82, 2.24) is 5.32 Å². The van der Waals surface area contributed by atoms with Gasteiger partial charge in [-0.1, -0.05) is 29.8 Å². The molecule has 0 radical (unpaired) electrons. The average Bonchev–Trinajstić information content (AvgIpc) is 2.32. The molecule has 3 heteroatoms. The van der Waals surface area contributed by atoms with Crippen molar-refractivity contribution in [3.63, 3.8) is 0 Å². The summed E-state index contributed by atoms with van der Waals surface area (Å²) in [6, 6.07) is 6.70. The molecule has 0 fully saturated rings. The first-order valence-corrected chi connectivity index (χ1v) is 6.75. The summed E-state index contributed by atoms with van der Waals surface area (Å²) >= 11 is 9.39. The average molecular weight is 301 g/mol. The second kappa shape index (κ2) is 5.85. The Morgan fingerprint density at radius 3 is 2.94 bits per heavy atom. The zero-order valence-corrected chi connectivity index (χ0v) is 11.4. The second-order valence-electron chi connectivity index (χ2n) is 4.11. The van der Waals surface area contributed by atoms with Crippen molar-refractivity contribution in [3.8, 4) is 0 Å². The lowest BCUT2D eigenvalue weighted by molar-refractivity contribution is 0.474. The lowest BCUT2D eigenvalue weighted by Gasteiger charge is -2.19. The second-order valence-corrected chi connectivity index (χ2v) is 5.37. The highest BCUT2D eigenvalue weighted by Gasteiger charge is 2.08. The van der Waals surface area contributed by atoms with Gasteiger partial charge in [-0.25, -0.2) is 0 Å². The van der Waals surface area contributed by atoms with Crippen molar-refractivity contribution in [2.24, 2.45) is 0 Å². The largest absolute Gasteiger partial charge is 0.310 e. The van der Waals surface area contributed by atoms with Crippen LogP contribution in [0.3, 0.4) is 0 Å². The van der Waals surface area contributed by atoms with Gasteiger partial charge in [-0.15, -0.1) is 0 Å². The first-order valence-electron chi connectivity index (χ1n) is 5.58. The summed E-state index contributed by atoms with van der Waals surface area (Å²) in [5, 5.41) is 4.34. The molecule has 16 heavy (non-hydrogen) atoms. The highest BCUT2D eigenvalue weighted by molar-refractivity contribution is 9.10. The molecule has 1 aliphatic rings. The van der Waals surface area contributed by atoms with Gasteiger partial charge < -0.3 is 5.32 Å². The summed E-state index contributed by atoms with van der Waals surface area (Å²) in [6.45, 7) is 0.911. The maximum absolute atomic E-state index is 5.95. The Labute approximate surface area is 110 Å². The molecule has 0 spiro atoms. The van der Waals surface area contributed by atoms with E-state index in [1.807, 2.05) is 6.07 Å². The Morgan fingerprint density at radius 1 is 1.38 bits per heavy atom. The number of hydrogen-bond acceptors (Lipinski definition) is 1. The van der Waals surface area contributed by atoms with Crippen LogP contribution >= 0.6 is 27.5 Å². The number of allylic oxidation sites excluding steroid dienone is 1. The van der Waals surface area contributed by atoms with Gasteiger partial charge in [-0.3, -0.25) is 0 Å². The molecular formula is C13H15BrClN. The molecule has 0 aliphatic heterocycles. The molecule has 0 saturated heterocycles. The van der Waals surface area contributed by atoms with Crippen LogP contribution in [-0.4, -0.2) is 6.04 Å². The van der Waals surface area contributed by atoms with Crippen LogP contribution in [0.2, 0.25) is 5.02 Å². The van der Waals surface area contributed by atoms with E-state index in [4.69, 9.17) is 11.6 Å². The van der Waals surface area contributed by atoms with Crippen molar-refractivity contribution >= 4 is 27.5 Å². The first kappa shape index (κ1) is 12.2. The van der Waals surface area contributed by atoms with Crippen LogP contribution in [0.15, 0.2) is 34.8 Å². The minimum Gasteiger partial charge on any atom is -0.310 e. The van der Waals surface area contributed by atoms with Crippen LogP contribution in [0.25, 0.3) is 0 Å². The van der Waals surface area contributed by atoms with Crippen molar-refractivity contribution < 1.29 is 0 Å². The van der Waals surface area contributed by atoms with Crippen LogP contribution in [-0.2, 0) is 6.54 Å². The lowest BCUT2D eigenvalue weighted by Crippen LogP contribution is -2.29. The van der Waals surface area contributed by atoms with Gasteiger partial charge in [-0.05, 0) is 52.9 Å². The van der Waals surface area contributed by atoms with Gasteiger partial charge in [0.05, 0.1) is 5.02 Å². The Bertz CT molecular complexity index is 390. The van der Waals surface area contributed by atoms with E-state index in [1.165, 1.54) is 18.4 Å². The van der Waals surface area contributed by atoms with Crippen LogP contribution in [0.4, 0.5) is 0 Å². The fourth-order valence-corrected chi connectivity index (χ4v) is 2.43. The smallest absolute Gasteiger partial charge is 0.0548 e. The summed E-state index contributed by atoms with van der Waals surface area (Å²) in [5.41, 5.74) is 1.27. The van der Waals surface area contributed by atoms with Crippen LogP contribution in [0, 0.1) is 0 Å². The zero-order valence-electron chi connectivity index (χ0n) is 9.05. The Kier molecular flexibility index (Phi) is 4.45. The topological polar surface area (TPSA) is 12.0 Å². The zero-order chi connectivity index (χ0) is 11.4. The molecule has 1 N–H and O–H groups in total. The Hall–Kier alpha value is -0.310. The predicted octanol–water partition coefficient (Wildman–Crippen LogP) is 4.30. The van der Waals surface area contributed by atoms with Gasteiger partial charge in [0.15, 0.2) is 0 Å². The summed E-state index contributed by atoms with van der Waals surface area (Å²) in [7, 11) is 0. The molecule has 2 rings (SSSR count). The molecule has 1 nitrogen and oxygen atoms in total. The van der Waals surface area contributed by atoms with Crippen molar-refractivity contribution in [2.75, 3.05) is 0 Å². The highest BCUT2D eigenvalue weighted by atomic mass is 79.9. The van der Waals surface area contributed by atoms with E-state index in [-0.39, 0.29) is 0 Å². The minimum atomic E-state index is 0.624. The van der Waals surface area contributed by atoms with E-state index in [0.717, 1.165) is 22.5 Å². The van der Waals surface area contributed by atoms with Gasteiger partial charge in [0.1, 0.15) is 0 Å². The molecule has 0 aromatic heterocycles. The number of benzene rings is 1. The van der Waals surface area contributed by atoms with E-state index in [2.05, 4.69) is 45.5 Å². The molecular weight excluding hydrogens is 286 g/mol. The maximum atomic E-state index is 5.95. The van der Waals surface area contributed by atoms with Gasteiger partial charge >= 0.3 is 0 Å². The van der Waals surface area contributed by atoms with E-state index >= 15 is 0 Å².